The molecule has 0 spiro atoms. The molecule has 1 unspecified atom stereocenters. The second-order valence-corrected chi connectivity index (χ2v) is 5.78. The van der Waals surface area contributed by atoms with Crippen molar-refractivity contribution in [3.8, 4) is 0 Å². The van der Waals surface area contributed by atoms with Crippen molar-refractivity contribution in [3.63, 3.8) is 0 Å². The highest BCUT2D eigenvalue weighted by Gasteiger charge is 2.25. The minimum Gasteiger partial charge on any atom is -0.364 e. The molecule has 1 aliphatic carbocycles. The van der Waals surface area contributed by atoms with E-state index in [-0.39, 0.29) is 17.5 Å². The Morgan fingerprint density at radius 1 is 1.22 bits per heavy atom. The molecule has 5 nitrogen and oxygen atoms in total. The number of carbonyl (C=O) groups is 2. The molecule has 0 fully saturated rings. The molecule has 118 valence electrons. The molecule has 2 aromatic rings. The molecule has 1 heterocycles. The minimum absolute atomic E-state index is 0.0381. The van der Waals surface area contributed by atoms with Crippen molar-refractivity contribution in [3.05, 3.63) is 65.0 Å². The van der Waals surface area contributed by atoms with Gasteiger partial charge in [-0.2, -0.15) is 0 Å². The fourth-order valence-corrected chi connectivity index (χ4v) is 3.01. The number of nitrogens with zero attached hydrogens (tertiary/aromatic N) is 1. The summed E-state index contributed by atoms with van der Waals surface area (Å²) in [5.41, 5.74) is 8.63. The largest absolute Gasteiger partial charge is 0.364 e. The highest BCUT2D eigenvalue weighted by atomic mass is 16.2. The van der Waals surface area contributed by atoms with Gasteiger partial charge in [0, 0.05) is 12.7 Å². The van der Waals surface area contributed by atoms with Crippen LogP contribution in [-0.4, -0.2) is 16.8 Å². The topological polar surface area (TPSA) is 85.1 Å². The van der Waals surface area contributed by atoms with E-state index in [0.717, 1.165) is 30.4 Å². The predicted molar refractivity (Wildman–Crippen MR) is 86.7 cm³/mol. The van der Waals surface area contributed by atoms with Gasteiger partial charge in [-0.25, -0.2) is 0 Å². The maximum atomic E-state index is 12.5. The van der Waals surface area contributed by atoms with E-state index in [1.165, 1.54) is 5.56 Å². The Morgan fingerprint density at radius 2 is 2.04 bits per heavy atom. The summed E-state index contributed by atoms with van der Waals surface area (Å²) in [5, 5.41) is 2.96. The highest BCUT2D eigenvalue weighted by Crippen LogP contribution is 2.31. The Bertz CT molecular complexity index is 725. The minimum atomic E-state index is -0.556. The van der Waals surface area contributed by atoms with Crippen LogP contribution in [0.3, 0.4) is 0 Å². The van der Waals surface area contributed by atoms with Crippen molar-refractivity contribution in [2.45, 2.75) is 31.7 Å². The lowest BCUT2D eigenvalue weighted by molar-refractivity contribution is -0.123. The summed E-state index contributed by atoms with van der Waals surface area (Å²) in [6.45, 7) is 0.392. The van der Waals surface area contributed by atoms with Crippen molar-refractivity contribution in [2.24, 2.45) is 5.73 Å². The van der Waals surface area contributed by atoms with Gasteiger partial charge in [-0.15, -0.1) is 0 Å². The predicted octanol–water partition coefficient (Wildman–Crippen LogP) is 1.92. The van der Waals surface area contributed by atoms with Gasteiger partial charge in [-0.05, 0) is 42.0 Å². The maximum Gasteiger partial charge on any atom is 0.267 e. The van der Waals surface area contributed by atoms with Gasteiger partial charge in [0.05, 0.1) is 5.92 Å². The van der Waals surface area contributed by atoms with Crippen LogP contribution in [0.4, 0.5) is 0 Å². The van der Waals surface area contributed by atoms with Crippen molar-refractivity contribution in [1.29, 1.82) is 0 Å². The normalized spacial score (nSPS) is 16.4. The third-order valence-corrected chi connectivity index (χ3v) is 4.23. The number of benzene rings is 1. The molecular formula is C18H19N3O2. The summed E-state index contributed by atoms with van der Waals surface area (Å²) < 4.78 is 0. The van der Waals surface area contributed by atoms with E-state index in [9.17, 15) is 9.59 Å². The first-order valence-electron chi connectivity index (χ1n) is 7.75. The van der Waals surface area contributed by atoms with E-state index in [2.05, 4.69) is 16.4 Å². The summed E-state index contributed by atoms with van der Waals surface area (Å²) in [6.07, 6.45) is 4.51. The Morgan fingerprint density at radius 3 is 2.78 bits per heavy atom. The fourth-order valence-electron chi connectivity index (χ4n) is 3.01. The van der Waals surface area contributed by atoms with Crippen LogP contribution >= 0.6 is 0 Å². The summed E-state index contributed by atoms with van der Waals surface area (Å²) >= 11 is 0. The number of carbonyl (C=O) groups excluding carboxylic acids is 2. The number of amides is 2. The molecule has 1 aromatic heterocycles. The van der Waals surface area contributed by atoms with E-state index in [1.807, 2.05) is 18.2 Å². The van der Waals surface area contributed by atoms with Crippen molar-refractivity contribution in [1.82, 2.24) is 10.3 Å². The fraction of sp³-hybridized carbons (Fsp3) is 0.278. The first kappa shape index (κ1) is 15.2. The van der Waals surface area contributed by atoms with Crippen LogP contribution in [-0.2, 0) is 17.8 Å². The number of nitrogens with two attached hydrogens (primary N) is 1. The van der Waals surface area contributed by atoms with Gasteiger partial charge >= 0.3 is 0 Å². The molecule has 5 heteroatoms. The van der Waals surface area contributed by atoms with Crippen LogP contribution < -0.4 is 11.1 Å². The second kappa shape index (κ2) is 6.60. The van der Waals surface area contributed by atoms with Crippen molar-refractivity contribution >= 4 is 11.8 Å². The van der Waals surface area contributed by atoms with Crippen LogP contribution in [0, 0.1) is 0 Å². The smallest absolute Gasteiger partial charge is 0.267 e. The quantitative estimate of drug-likeness (QED) is 0.904. The number of pyridine rings is 1. The number of nitrogens with one attached hydrogen (secondary N) is 1. The Labute approximate surface area is 134 Å². The van der Waals surface area contributed by atoms with E-state index in [1.54, 1.807) is 18.3 Å². The van der Waals surface area contributed by atoms with Crippen LogP contribution in [0.15, 0.2) is 42.6 Å². The molecule has 3 N–H and O–H groups in total. The summed E-state index contributed by atoms with van der Waals surface area (Å²) in [6, 6.07) is 11.5. The van der Waals surface area contributed by atoms with Gasteiger partial charge in [-0.1, -0.05) is 30.3 Å². The van der Waals surface area contributed by atoms with Gasteiger partial charge in [0.1, 0.15) is 5.69 Å². The van der Waals surface area contributed by atoms with Gasteiger partial charge in [0.25, 0.3) is 5.91 Å². The van der Waals surface area contributed by atoms with E-state index < -0.39 is 5.91 Å². The van der Waals surface area contributed by atoms with E-state index in [0.29, 0.717) is 6.54 Å². The number of hydrogen-bond donors (Lipinski definition) is 2. The first-order chi connectivity index (χ1) is 11.1. The molecule has 1 aliphatic rings. The molecule has 23 heavy (non-hydrogen) atoms. The molecule has 3 rings (SSSR count). The lowest BCUT2D eigenvalue weighted by Crippen LogP contribution is -2.31. The SMILES string of the molecule is NC(=O)c1ccc(CNC(=O)C2CCCc3ccccc32)cn1. The number of aryl methyl sites for hydroxylation is 1. The molecule has 1 atom stereocenters. The van der Waals surface area contributed by atoms with Crippen LogP contribution in [0.25, 0.3) is 0 Å². The standard InChI is InChI=1S/C18H19N3O2/c19-17(22)16-9-8-12(10-20-16)11-21-18(23)15-7-3-5-13-4-1-2-6-14(13)15/h1-2,4,6,8-10,15H,3,5,7,11H2,(H2,19,22)(H,21,23). The second-order valence-electron chi connectivity index (χ2n) is 5.78. The first-order valence-corrected chi connectivity index (χ1v) is 7.75. The lowest BCUT2D eigenvalue weighted by atomic mass is 9.82. The number of aromatic nitrogens is 1. The van der Waals surface area contributed by atoms with Gasteiger partial charge < -0.3 is 11.1 Å². The average molecular weight is 309 g/mol. The molecule has 0 bridgehead atoms. The Balaban J connectivity index is 1.65. The van der Waals surface area contributed by atoms with Crippen molar-refractivity contribution < 1.29 is 9.59 Å². The average Bonchev–Trinajstić information content (AvgIpc) is 2.59. The van der Waals surface area contributed by atoms with Crippen LogP contribution in [0.1, 0.15) is 45.9 Å². The Kier molecular flexibility index (Phi) is 4.37. The number of hydrogen-bond acceptors (Lipinski definition) is 3. The van der Waals surface area contributed by atoms with Crippen molar-refractivity contribution in [2.75, 3.05) is 0 Å². The number of rotatable bonds is 4. The monoisotopic (exact) mass is 309 g/mol. The molecule has 1 aromatic carbocycles. The summed E-state index contributed by atoms with van der Waals surface area (Å²) in [5.74, 6) is -0.603. The van der Waals surface area contributed by atoms with E-state index in [4.69, 9.17) is 5.73 Å². The molecule has 0 radical (unpaired) electrons. The third kappa shape index (κ3) is 3.39. The molecule has 0 aliphatic heterocycles. The zero-order valence-electron chi connectivity index (χ0n) is 12.8. The molecule has 0 saturated heterocycles. The van der Waals surface area contributed by atoms with Crippen LogP contribution in [0.5, 0.6) is 0 Å². The summed E-state index contributed by atoms with van der Waals surface area (Å²) in [7, 11) is 0. The van der Waals surface area contributed by atoms with Crippen LogP contribution in [0.2, 0.25) is 0 Å². The zero-order valence-corrected chi connectivity index (χ0v) is 12.8. The maximum absolute atomic E-state index is 12.5. The van der Waals surface area contributed by atoms with Gasteiger partial charge in [0.15, 0.2) is 0 Å². The molecular weight excluding hydrogens is 290 g/mol. The zero-order chi connectivity index (χ0) is 16.2. The van der Waals surface area contributed by atoms with E-state index >= 15 is 0 Å². The Hall–Kier alpha value is -2.69. The van der Waals surface area contributed by atoms with Gasteiger partial charge in [-0.3, -0.25) is 14.6 Å². The molecule has 2 amide bonds. The number of primary amides is 1. The van der Waals surface area contributed by atoms with Gasteiger partial charge in [0.2, 0.25) is 5.91 Å². The molecule has 0 saturated carbocycles. The number of fused-ring (bicyclic) bond motifs is 1. The summed E-state index contributed by atoms with van der Waals surface area (Å²) in [4.78, 5) is 27.5. The third-order valence-electron chi connectivity index (χ3n) is 4.23. The lowest BCUT2D eigenvalue weighted by Gasteiger charge is -2.24. The highest BCUT2D eigenvalue weighted by molar-refractivity contribution is 5.90.